The number of aromatic nitrogens is 1. The summed E-state index contributed by atoms with van der Waals surface area (Å²) < 4.78 is 53.7. The van der Waals surface area contributed by atoms with Crippen molar-refractivity contribution in [2.24, 2.45) is 0 Å². The molecule has 1 aromatic heterocycles. The van der Waals surface area contributed by atoms with Crippen LogP contribution in [0.1, 0.15) is 11.1 Å². The van der Waals surface area contributed by atoms with Crippen molar-refractivity contribution >= 4 is 23.4 Å². The van der Waals surface area contributed by atoms with Gasteiger partial charge in [-0.15, -0.1) is 11.8 Å². The molecule has 1 N–H and O–H groups in total. The molecule has 2 aromatic rings. The van der Waals surface area contributed by atoms with Gasteiger partial charge in [0.2, 0.25) is 6.79 Å². The number of rotatable bonds is 7. The van der Waals surface area contributed by atoms with E-state index < -0.39 is 17.8 Å². The van der Waals surface area contributed by atoms with Gasteiger partial charge in [0.05, 0.1) is 29.9 Å². The van der Waals surface area contributed by atoms with Crippen LogP contribution in [0.5, 0.6) is 11.5 Å². The van der Waals surface area contributed by atoms with E-state index in [0.717, 1.165) is 29.6 Å². The molecule has 0 bridgehead atoms. The summed E-state index contributed by atoms with van der Waals surface area (Å²) in [5, 5.41) is 10.1. The van der Waals surface area contributed by atoms with Crippen molar-refractivity contribution in [1.82, 2.24) is 4.98 Å². The molecule has 0 saturated heterocycles. The Morgan fingerprint density at radius 2 is 2.04 bits per heavy atom. The predicted molar refractivity (Wildman–Crippen MR) is 93.2 cm³/mol. The first kappa shape index (κ1) is 20.1. The Morgan fingerprint density at radius 3 is 2.78 bits per heavy atom. The fourth-order valence-electron chi connectivity index (χ4n) is 2.25. The Labute approximate surface area is 162 Å². The van der Waals surface area contributed by atoms with E-state index in [4.69, 9.17) is 25.8 Å². The molecule has 10 heteroatoms. The SMILES string of the molecule is OC(COCc1ccc2c(c1)OCO2)CSc1ncc(C(F)(F)F)cc1Cl. The van der Waals surface area contributed by atoms with Crippen LogP contribution in [0, 0.1) is 0 Å². The number of alkyl halides is 3. The van der Waals surface area contributed by atoms with Crippen LogP contribution < -0.4 is 9.47 Å². The first-order chi connectivity index (χ1) is 12.8. The summed E-state index contributed by atoms with van der Waals surface area (Å²) in [5.41, 5.74) is -0.0454. The van der Waals surface area contributed by atoms with E-state index in [9.17, 15) is 18.3 Å². The number of hydrogen-bond acceptors (Lipinski definition) is 6. The molecule has 2 heterocycles. The van der Waals surface area contributed by atoms with Crippen LogP contribution in [-0.4, -0.2) is 35.3 Å². The van der Waals surface area contributed by atoms with Crippen molar-refractivity contribution in [2.75, 3.05) is 19.2 Å². The van der Waals surface area contributed by atoms with Gasteiger partial charge in [0.25, 0.3) is 0 Å². The number of fused-ring (bicyclic) bond motifs is 1. The summed E-state index contributed by atoms with van der Waals surface area (Å²) in [6.45, 7) is 0.521. The number of nitrogens with zero attached hydrogens (tertiary/aromatic N) is 1. The maximum atomic E-state index is 12.6. The van der Waals surface area contributed by atoms with Crippen LogP contribution in [0.15, 0.2) is 35.5 Å². The average molecular weight is 422 g/mol. The third-order valence-corrected chi connectivity index (χ3v) is 5.11. The Kier molecular flexibility index (Phi) is 6.36. The molecule has 1 aromatic carbocycles. The van der Waals surface area contributed by atoms with E-state index in [1.54, 1.807) is 12.1 Å². The predicted octanol–water partition coefficient (Wildman–Crippen LogP) is 4.15. The summed E-state index contributed by atoms with van der Waals surface area (Å²) in [6.07, 6.45) is -4.61. The zero-order valence-corrected chi connectivity index (χ0v) is 15.4. The first-order valence-corrected chi connectivity index (χ1v) is 9.19. The zero-order valence-electron chi connectivity index (χ0n) is 13.8. The third-order valence-electron chi connectivity index (χ3n) is 3.56. The molecule has 1 atom stereocenters. The van der Waals surface area contributed by atoms with Crippen molar-refractivity contribution in [3.8, 4) is 11.5 Å². The second kappa shape index (κ2) is 8.55. The number of halogens is 4. The zero-order chi connectivity index (χ0) is 19.4. The van der Waals surface area contributed by atoms with E-state index in [0.29, 0.717) is 11.5 Å². The summed E-state index contributed by atoms with van der Waals surface area (Å²) in [4.78, 5) is 3.71. The number of benzene rings is 1. The van der Waals surface area contributed by atoms with Crippen molar-refractivity contribution in [3.63, 3.8) is 0 Å². The highest BCUT2D eigenvalue weighted by Crippen LogP contribution is 2.34. The molecular formula is C17H15ClF3NO4S. The van der Waals surface area contributed by atoms with E-state index in [2.05, 4.69) is 4.98 Å². The summed E-state index contributed by atoms with van der Waals surface area (Å²) in [5.74, 6) is 1.51. The molecule has 0 spiro atoms. The van der Waals surface area contributed by atoms with Crippen molar-refractivity contribution in [2.45, 2.75) is 23.9 Å². The van der Waals surface area contributed by atoms with Crippen molar-refractivity contribution < 1.29 is 32.5 Å². The highest BCUT2D eigenvalue weighted by molar-refractivity contribution is 7.99. The quantitative estimate of drug-likeness (QED) is 0.678. The second-order valence-electron chi connectivity index (χ2n) is 5.68. The van der Waals surface area contributed by atoms with Gasteiger partial charge < -0.3 is 19.3 Å². The summed E-state index contributed by atoms with van der Waals surface area (Å²) in [6, 6.07) is 6.24. The number of thioether (sulfide) groups is 1. The number of hydrogen-bond donors (Lipinski definition) is 1. The molecule has 5 nitrogen and oxygen atoms in total. The molecule has 0 aliphatic carbocycles. The van der Waals surface area contributed by atoms with Crippen molar-refractivity contribution in [3.05, 3.63) is 46.6 Å². The maximum Gasteiger partial charge on any atom is 0.417 e. The first-order valence-electron chi connectivity index (χ1n) is 7.83. The van der Waals surface area contributed by atoms with Gasteiger partial charge in [0.15, 0.2) is 11.5 Å². The van der Waals surface area contributed by atoms with E-state index in [1.807, 2.05) is 6.07 Å². The summed E-state index contributed by atoms with van der Waals surface area (Å²) >= 11 is 6.89. The molecule has 3 rings (SSSR count). The van der Waals surface area contributed by atoms with Crippen LogP contribution in [0.4, 0.5) is 13.2 Å². The van der Waals surface area contributed by atoms with Gasteiger partial charge in [-0.2, -0.15) is 13.2 Å². The molecule has 1 aliphatic rings. The Hall–Kier alpha value is -1.68. The van der Waals surface area contributed by atoms with Gasteiger partial charge in [-0.25, -0.2) is 4.98 Å². The largest absolute Gasteiger partial charge is 0.454 e. The number of aliphatic hydroxyl groups excluding tert-OH is 1. The highest BCUT2D eigenvalue weighted by atomic mass is 35.5. The molecule has 0 amide bonds. The molecule has 0 fully saturated rings. The highest BCUT2D eigenvalue weighted by Gasteiger charge is 2.31. The average Bonchev–Trinajstić information content (AvgIpc) is 3.07. The Balaban J connectivity index is 1.44. The Bertz CT molecular complexity index is 806. The number of aliphatic hydroxyl groups is 1. The van der Waals surface area contributed by atoms with Crippen LogP contribution in [-0.2, 0) is 17.5 Å². The van der Waals surface area contributed by atoms with Crippen LogP contribution in [0.25, 0.3) is 0 Å². The van der Waals surface area contributed by atoms with Gasteiger partial charge in [-0.05, 0) is 23.8 Å². The minimum Gasteiger partial charge on any atom is -0.454 e. The van der Waals surface area contributed by atoms with E-state index >= 15 is 0 Å². The smallest absolute Gasteiger partial charge is 0.417 e. The minimum atomic E-state index is -4.50. The van der Waals surface area contributed by atoms with Crippen LogP contribution in [0.3, 0.4) is 0 Å². The monoisotopic (exact) mass is 421 g/mol. The number of pyridine rings is 1. The molecule has 0 radical (unpaired) electrons. The number of ether oxygens (including phenoxy) is 3. The lowest BCUT2D eigenvalue weighted by Crippen LogP contribution is -2.18. The standard InChI is InChI=1S/C17H15ClF3NO4S/c18-13-4-11(17(19,20)21)5-22-16(13)27-8-12(23)7-24-6-10-1-2-14-15(3-10)26-9-25-14/h1-5,12,23H,6-9H2. The second-order valence-corrected chi connectivity index (χ2v) is 7.09. The normalized spacial score (nSPS) is 14.4. The van der Waals surface area contributed by atoms with Gasteiger partial charge in [-0.1, -0.05) is 17.7 Å². The van der Waals surface area contributed by atoms with Gasteiger partial charge in [0, 0.05) is 11.9 Å². The molecule has 1 unspecified atom stereocenters. The van der Waals surface area contributed by atoms with Crippen LogP contribution >= 0.6 is 23.4 Å². The van der Waals surface area contributed by atoms with Crippen molar-refractivity contribution in [1.29, 1.82) is 0 Å². The topological polar surface area (TPSA) is 60.8 Å². The van der Waals surface area contributed by atoms with Gasteiger partial charge in [0.1, 0.15) is 5.03 Å². The van der Waals surface area contributed by atoms with E-state index in [1.165, 1.54) is 0 Å². The fraction of sp³-hybridized carbons (Fsp3) is 0.353. The van der Waals surface area contributed by atoms with Crippen LogP contribution in [0.2, 0.25) is 5.02 Å². The van der Waals surface area contributed by atoms with Gasteiger partial charge >= 0.3 is 6.18 Å². The molecule has 146 valence electrons. The minimum absolute atomic E-state index is 0.0553. The molecule has 27 heavy (non-hydrogen) atoms. The maximum absolute atomic E-state index is 12.6. The fourth-order valence-corrected chi connectivity index (χ4v) is 3.35. The van der Waals surface area contributed by atoms with Gasteiger partial charge in [-0.3, -0.25) is 0 Å². The summed E-state index contributed by atoms with van der Waals surface area (Å²) in [7, 11) is 0. The lowest BCUT2D eigenvalue weighted by molar-refractivity contribution is -0.137. The molecule has 0 saturated carbocycles. The lowest BCUT2D eigenvalue weighted by Gasteiger charge is -2.12. The third kappa shape index (κ3) is 5.41. The van der Waals surface area contributed by atoms with E-state index in [-0.39, 0.29) is 35.8 Å². The Morgan fingerprint density at radius 1 is 1.26 bits per heavy atom. The molecular weight excluding hydrogens is 407 g/mol. The molecule has 1 aliphatic heterocycles. The lowest BCUT2D eigenvalue weighted by atomic mass is 10.2.